The third-order valence-corrected chi connectivity index (χ3v) is 5.82. The summed E-state index contributed by atoms with van der Waals surface area (Å²) in [5, 5.41) is 9.82. The molecule has 0 aliphatic carbocycles. The zero-order chi connectivity index (χ0) is 22.6. The Bertz CT molecular complexity index is 941. The van der Waals surface area contributed by atoms with Gasteiger partial charge in [0.2, 0.25) is 5.91 Å². The minimum Gasteiger partial charge on any atom is -0.371 e. The van der Waals surface area contributed by atoms with Crippen molar-refractivity contribution in [3.05, 3.63) is 29.7 Å². The van der Waals surface area contributed by atoms with Gasteiger partial charge in [0.1, 0.15) is 11.6 Å². The van der Waals surface area contributed by atoms with Gasteiger partial charge in [0.15, 0.2) is 0 Å². The Morgan fingerprint density at radius 2 is 2.19 bits per heavy atom. The highest BCUT2D eigenvalue weighted by Gasteiger charge is 2.28. The number of nitrogens with one attached hydrogen (secondary N) is 3. The first-order valence-corrected chi connectivity index (χ1v) is 11.3. The van der Waals surface area contributed by atoms with Gasteiger partial charge in [-0.1, -0.05) is 11.6 Å². The summed E-state index contributed by atoms with van der Waals surface area (Å²) < 4.78 is 11.6. The second-order valence-electron chi connectivity index (χ2n) is 8.76. The number of carbonyl (C=O) groups excluding carboxylic acids is 1. The van der Waals surface area contributed by atoms with Gasteiger partial charge in [-0.2, -0.15) is 0 Å². The lowest BCUT2D eigenvalue weighted by molar-refractivity contribution is -0.170. The number of carbonyl (C=O) groups is 1. The lowest BCUT2D eigenvalue weighted by Gasteiger charge is -2.35. The molecule has 2 aliphatic heterocycles. The number of hydrogen-bond donors (Lipinski definition) is 3. The Kier molecular flexibility index (Phi) is 7.20. The van der Waals surface area contributed by atoms with Gasteiger partial charge in [0.05, 0.1) is 53.9 Å². The quantitative estimate of drug-likeness (QED) is 0.603. The third-order valence-electron chi connectivity index (χ3n) is 5.52. The minimum atomic E-state index is -0.255. The molecule has 3 N–H and O–H groups in total. The lowest BCUT2D eigenvalue weighted by Crippen LogP contribution is -2.44. The van der Waals surface area contributed by atoms with Crippen LogP contribution in [0.2, 0.25) is 5.02 Å². The van der Waals surface area contributed by atoms with Gasteiger partial charge in [0, 0.05) is 24.8 Å². The van der Waals surface area contributed by atoms with Crippen LogP contribution in [-0.4, -0.2) is 65.4 Å². The number of aromatic nitrogens is 3. The highest BCUT2D eigenvalue weighted by Crippen LogP contribution is 2.28. The molecule has 32 heavy (non-hydrogen) atoms. The molecule has 0 saturated carbocycles. The summed E-state index contributed by atoms with van der Waals surface area (Å²) in [7, 11) is 0. The molecular weight excluding hydrogens is 432 g/mol. The molecule has 4 heterocycles. The summed E-state index contributed by atoms with van der Waals surface area (Å²) in [6.45, 7) is 7.26. The van der Waals surface area contributed by atoms with Crippen LogP contribution in [0.15, 0.2) is 24.7 Å². The highest BCUT2D eigenvalue weighted by atomic mass is 35.5. The second kappa shape index (κ2) is 10.1. The van der Waals surface area contributed by atoms with Crippen LogP contribution in [0.5, 0.6) is 0 Å². The molecule has 1 amide bonds. The van der Waals surface area contributed by atoms with E-state index < -0.39 is 0 Å². The van der Waals surface area contributed by atoms with Crippen LogP contribution in [0.25, 0.3) is 11.3 Å². The number of hydrogen-bond acceptors (Lipinski definition) is 8. The number of pyridine rings is 1. The van der Waals surface area contributed by atoms with Crippen LogP contribution < -0.4 is 16.0 Å². The van der Waals surface area contributed by atoms with Crippen LogP contribution in [0.4, 0.5) is 11.6 Å². The van der Waals surface area contributed by atoms with E-state index >= 15 is 0 Å². The van der Waals surface area contributed by atoms with Crippen molar-refractivity contribution in [2.75, 3.05) is 43.5 Å². The van der Waals surface area contributed by atoms with Crippen molar-refractivity contribution in [2.24, 2.45) is 5.92 Å². The maximum Gasteiger partial charge on any atom is 0.229 e. The van der Waals surface area contributed by atoms with E-state index in [-0.39, 0.29) is 23.5 Å². The summed E-state index contributed by atoms with van der Waals surface area (Å²) in [5.74, 6) is 0.934. The third kappa shape index (κ3) is 5.92. The topological polar surface area (TPSA) is 110 Å². The van der Waals surface area contributed by atoms with E-state index in [0.29, 0.717) is 54.2 Å². The molecule has 4 rings (SSSR count). The van der Waals surface area contributed by atoms with E-state index in [1.807, 2.05) is 13.8 Å². The number of rotatable bonds is 6. The van der Waals surface area contributed by atoms with Gasteiger partial charge in [0.25, 0.3) is 0 Å². The molecule has 2 aliphatic rings. The van der Waals surface area contributed by atoms with Gasteiger partial charge >= 0.3 is 0 Å². The first kappa shape index (κ1) is 22.8. The monoisotopic (exact) mass is 460 g/mol. The molecule has 2 aromatic rings. The number of amides is 1. The molecule has 2 atom stereocenters. The molecule has 0 radical (unpaired) electrons. The molecule has 172 valence electrons. The maximum absolute atomic E-state index is 12.5. The van der Waals surface area contributed by atoms with E-state index in [9.17, 15) is 4.79 Å². The van der Waals surface area contributed by atoms with Crippen molar-refractivity contribution in [1.29, 1.82) is 0 Å². The van der Waals surface area contributed by atoms with Crippen molar-refractivity contribution < 1.29 is 14.3 Å². The summed E-state index contributed by atoms with van der Waals surface area (Å²) in [4.78, 5) is 25.7. The van der Waals surface area contributed by atoms with E-state index in [1.165, 1.54) is 6.20 Å². The number of ether oxygens (including phenoxy) is 2. The molecule has 9 nitrogen and oxygen atoms in total. The van der Waals surface area contributed by atoms with Gasteiger partial charge in [-0.3, -0.25) is 9.78 Å². The van der Waals surface area contributed by atoms with Crippen molar-refractivity contribution in [2.45, 2.75) is 38.4 Å². The number of piperidine rings is 1. The fraction of sp³-hybridized carbons (Fsp3) is 0.545. The minimum absolute atomic E-state index is 0.0441. The van der Waals surface area contributed by atoms with Crippen LogP contribution >= 0.6 is 11.6 Å². The van der Waals surface area contributed by atoms with Crippen molar-refractivity contribution in [3.8, 4) is 11.3 Å². The molecule has 2 saturated heterocycles. The normalized spacial score (nSPS) is 22.8. The Morgan fingerprint density at radius 1 is 1.31 bits per heavy atom. The van der Waals surface area contributed by atoms with Crippen molar-refractivity contribution >= 4 is 29.1 Å². The first-order valence-electron chi connectivity index (χ1n) is 10.9. The maximum atomic E-state index is 12.5. The second-order valence-corrected chi connectivity index (χ2v) is 9.16. The largest absolute Gasteiger partial charge is 0.371 e. The van der Waals surface area contributed by atoms with Gasteiger partial charge in [-0.05, 0) is 39.3 Å². The Hall–Kier alpha value is -2.33. The number of anilines is 2. The van der Waals surface area contributed by atoms with Crippen LogP contribution in [0.1, 0.15) is 26.7 Å². The van der Waals surface area contributed by atoms with Crippen LogP contribution in [-0.2, 0) is 14.3 Å². The van der Waals surface area contributed by atoms with E-state index in [2.05, 4.69) is 30.9 Å². The molecular formula is C22H29ClN6O3. The summed E-state index contributed by atoms with van der Waals surface area (Å²) in [6.07, 6.45) is 6.59. The molecule has 0 aromatic carbocycles. The average molecular weight is 461 g/mol. The predicted molar refractivity (Wildman–Crippen MR) is 123 cm³/mol. The Labute approximate surface area is 192 Å². The summed E-state index contributed by atoms with van der Waals surface area (Å²) in [6, 6.07) is 1.73. The molecule has 2 fully saturated rings. The van der Waals surface area contributed by atoms with Gasteiger partial charge < -0.3 is 25.4 Å². The van der Waals surface area contributed by atoms with Gasteiger partial charge in [-0.25, -0.2) is 9.97 Å². The summed E-state index contributed by atoms with van der Waals surface area (Å²) >= 11 is 6.38. The van der Waals surface area contributed by atoms with E-state index in [1.54, 1.807) is 18.5 Å². The predicted octanol–water partition coefficient (Wildman–Crippen LogP) is 2.74. The summed E-state index contributed by atoms with van der Waals surface area (Å²) in [5.41, 5.74) is 0.975. The number of halogens is 1. The first-order chi connectivity index (χ1) is 15.4. The lowest BCUT2D eigenvalue weighted by atomic mass is 9.99. The fourth-order valence-electron chi connectivity index (χ4n) is 3.65. The zero-order valence-corrected chi connectivity index (χ0v) is 19.1. The number of nitrogens with zero attached hydrogens (tertiary/aromatic N) is 3. The zero-order valence-electron chi connectivity index (χ0n) is 18.4. The molecule has 2 unspecified atom stereocenters. The fourth-order valence-corrected chi connectivity index (χ4v) is 3.85. The molecule has 2 aromatic heterocycles. The van der Waals surface area contributed by atoms with E-state index in [4.69, 9.17) is 21.1 Å². The van der Waals surface area contributed by atoms with Gasteiger partial charge in [-0.15, -0.1) is 0 Å². The van der Waals surface area contributed by atoms with Crippen molar-refractivity contribution in [3.63, 3.8) is 0 Å². The van der Waals surface area contributed by atoms with Crippen LogP contribution in [0.3, 0.4) is 0 Å². The Balaban J connectivity index is 1.41. The standard InChI is InChI=1S/C22H29ClN6O3/c1-22(2)13-31-15(12-32-22)8-26-20-11-25-10-18(28-20)16-6-19(27-9-17(16)23)29-21(30)14-4-3-5-24-7-14/h6,9-11,14-15,24H,3-5,7-8,12-13H2,1-2H3,(H,26,28)(H,27,29,30). The molecule has 0 bridgehead atoms. The molecule has 0 spiro atoms. The highest BCUT2D eigenvalue weighted by molar-refractivity contribution is 6.33. The van der Waals surface area contributed by atoms with Crippen LogP contribution in [0, 0.1) is 5.92 Å². The van der Waals surface area contributed by atoms with Crippen molar-refractivity contribution in [1.82, 2.24) is 20.3 Å². The average Bonchev–Trinajstić information content (AvgIpc) is 2.80. The Morgan fingerprint density at radius 3 is 2.94 bits per heavy atom. The van der Waals surface area contributed by atoms with E-state index in [0.717, 1.165) is 19.4 Å². The smallest absolute Gasteiger partial charge is 0.229 e. The SMILES string of the molecule is CC1(C)COC(CNc2cncc(-c3cc(NC(=O)C4CCCNC4)ncc3Cl)n2)CO1. The molecule has 10 heteroatoms.